The SMILES string of the molecule is COc1ccc(S(=O)(=O)N2CCNCC2C#N)cc1C. The molecular formula is C13H17N3O3S. The molecule has 6 nitrogen and oxygen atoms in total. The van der Waals surface area contributed by atoms with Crippen LogP contribution in [0.3, 0.4) is 0 Å². The number of nitrogens with zero attached hydrogens (tertiary/aromatic N) is 2. The molecule has 1 unspecified atom stereocenters. The molecule has 1 aromatic carbocycles. The summed E-state index contributed by atoms with van der Waals surface area (Å²) in [6, 6.07) is 6.07. The molecule has 108 valence electrons. The molecule has 0 aromatic heterocycles. The van der Waals surface area contributed by atoms with Gasteiger partial charge in [0.1, 0.15) is 11.8 Å². The van der Waals surface area contributed by atoms with Crippen LogP contribution in [0.2, 0.25) is 0 Å². The standard InChI is InChI=1S/C13H17N3O3S/c1-10-7-12(3-4-13(10)19-2)20(17,18)16-6-5-15-9-11(16)8-14/h3-4,7,11,15H,5-6,9H2,1-2H3. The number of sulfonamides is 1. The Morgan fingerprint density at radius 3 is 2.85 bits per heavy atom. The van der Waals surface area contributed by atoms with Crippen molar-refractivity contribution in [3.05, 3.63) is 23.8 Å². The van der Waals surface area contributed by atoms with Gasteiger partial charge in [0.25, 0.3) is 0 Å². The number of benzene rings is 1. The van der Waals surface area contributed by atoms with Gasteiger partial charge in [-0.3, -0.25) is 0 Å². The summed E-state index contributed by atoms with van der Waals surface area (Å²) in [5.41, 5.74) is 0.747. The van der Waals surface area contributed by atoms with E-state index in [-0.39, 0.29) is 4.90 Å². The van der Waals surface area contributed by atoms with E-state index in [4.69, 9.17) is 10.00 Å². The van der Waals surface area contributed by atoms with E-state index < -0.39 is 16.1 Å². The van der Waals surface area contributed by atoms with Gasteiger partial charge in [-0.05, 0) is 30.7 Å². The minimum Gasteiger partial charge on any atom is -0.496 e. The lowest BCUT2D eigenvalue weighted by Crippen LogP contribution is -2.52. The molecule has 1 fully saturated rings. The molecular weight excluding hydrogens is 278 g/mol. The highest BCUT2D eigenvalue weighted by molar-refractivity contribution is 7.89. The first-order chi connectivity index (χ1) is 9.50. The minimum absolute atomic E-state index is 0.193. The quantitative estimate of drug-likeness (QED) is 0.877. The number of ether oxygens (including phenoxy) is 1. The molecule has 20 heavy (non-hydrogen) atoms. The maximum atomic E-state index is 12.6. The molecule has 2 rings (SSSR count). The van der Waals surface area contributed by atoms with Gasteiger partial charge in [0, 0.05) is 19.6 Å². The molecule has 1 aliphatic heterocycles. The van der Waals surface area contributed by atoms with Crippen LogP contribution in [0.25, 0.3) is 0 Å². The molecule has 1 heterocycles. The van der Waals surface area contributed by atoms with Crippen molar-refractivity contribution in [1.82, 2.24) is 9.62 Å². The molecule has 1 N–H and O–H groups in total. The normalized spacial score (nSPS) is 20.4. The topological polar surface area (TPSA) is 82.4 Å². The number of aryl methyl sites for hydroxylation is 1. The number of hydrogen-bond acceptors (Lipinski definition) is 5. The van der Waals surface area contributed by atoms with Gasteiger partial charge >= 0.3 is 0 Å². The molecule has 0 amide bonds. The Hall–Kier alpha value is -1.62. The van der Waals surface area contributed by atoms with Gasteiger partial charge in [0.05, 0.1) is 18.1 Å². The number of nitrogens with one attached hydrogen (secondary N) is 1. The van der Waals surface area contributed by atoms with E-state index in [1.54, 1.807) is 26.2 Å². The summed E-state index contributed by atoms with van der Waals surface area (Å²) in [6.07, 6.45) is 0. The first-order valence-electron chi connectivity index (χ1n) is 6.27. The van der Waals surface area contributed by atoms with Gasteiger partial charge in [-0.1, -0.05) is 0 Å². The maximum absolute atomic E-state index is 12.6. The molecule has 0 aliphatic carbocycles. The fourth-order valence-electron chi connectivity index (χ4n) is 2.23. The van der Waals surface area contributed by atoms with Crippen molar-refractivity contribution < 1.29 is 13.2 Å². The van der Waals surface area contributed by atoms with Crippen LogP contribution in [-0.4, -0.2) is 45.5 Å². The van der Waals surface area contributed by atoms with Crippen molar-refractivity contribution in [2.24, 2.45) is 0 Å². The van der Waals surface area contributed by atoms with Crippen LogP contribution >= 0.6 is 0 Å². The minimum atomic E-state index is -3.66. The van der Waals surface area contributed by atoms with Crippen LogP contribution in [0.4, 0.5) is 0 Å². The Balaban J connectivity index is 2.39. The van der Waals surface area contributed by atoms with Crippen LogP contribution in [0.5, 0.6) is 5.75 Å². The number of piperazine rings is 1. The van der Waals surface area contributed by atoms with Crippen molar-refractivity contribution in [1.29, 1.82) is 5.26 Å². The van der Waals surface area contributed by atoms with Gasteiger partial charge in [-0.15, -0.1) is 0 Å². The summed E-state index contributed by atoms with van der Waals surface area (Å²) in [5.74, 6) is 0.640. The van der Waals surface area contributed by atoms with E-state index in [0.717, 1.165) is 5.56 Å². The molecule has 1 atom stereocenters. The summed E-state index contributed by atoms with van der Waals surface area (Å²) >= 11 is 0. The second-order valence-corrected chi connectivity index (χ2v) is 6.49. The zero-order valence-corrected chi connectivity index (χ0v) is 12.3. The molecule has 0 spiro atoms. The molecule has 0 bridgehead atoms. The van der Waals surface area contributed by atoms with Gasteiger partial charge in [0.15, 0.2) is 0 Å². The Kier molecular flexibility index (Phi) is 4.28. The fraction of sp³-hybridized carbons (Fsp3) is 0.462. The van der Waals surface area contributed by atoms with E-state index in [0.29, 0.717) is 25.4 Å². The van der Waals surface area contributed by atoms with Crippen molar-refractivity contribution >= 4 is 10.0 Å². The Bertz CT molecular complexity index is 637. The lowest BCUT2D eigenvalue weighted by atomic mass is 10.2. The second-order valence-electron chi connectivity index (χ2n) is 4.60. The molecule has 0 radical (unpaired) electrons. The van der Waals surface area contributed by atoms with Crippen LogP contribution in [0.1, 0.15) is 5.56 Å². The van der Waals surface area contributed by atoms with E-state index in [1.807, 2.05) is 6.07 Å². The lowest BCUT2D eigenvalue weighted by molar-refractivity contribution is 0.311. The van der Waals surface area contributed by atoms with E-state index in [9.17, 15) is 8.42 Å². The fourth-order valence-corrected chi connectivity index (χ4v) is 3.86. The first-order valence-corrected chi connectivity index (χ1v) is 7.71. The highest BCUT2D eigenvalue weighted by atomic mass is 32.2. The molecule has 7 heteroatoms. The van der Waals surface area contributed by atoms with Gasteiger partial charge < -0.3 is 10.1 Å². The van der Waals surface area contributed by atoms with Crippen molar-refractivity contribution in [3.63, 3.8) is 0 Å². The van der Waals surface area contributed by atoms with E-state index in [2.05, 4.69) is 5.32 Å². The van der Waals surface area contributed by atoms with Gasteiger partial charge in [-0.25, -0.2) is 8.42 Å². The van der Waals surface area contributed by atoms with Crippen molar-refractivity contribution in [2.75, 3.05) is 26.7 Å². The third-order valence-electron chi connectivity index (χ3n) is 3.32. The predicted octanol–water partition coefficient (Wildman–Crippen LogP) is 0.490. The third-order valence-corrected chi connectivity index (χ3v) is 5.22. The van der Waals surface area contributed by atoms with Crippen LogP contribution in [-0.2, 0) is 10.0 Å². The number of methoxy groups -OCH3 is 1. The number of rotatable bonds is 3. The predicted molar refractivity (Wildman–Crippen MR) is 73.9 cm³/mol. The monoisotopic (exact) mass is 295 g/mol. The zero-order valence-electron chi connectivity index (χ0n) is 11.5. The summed E-state index contributed by atoms with van der Waals surface area (Å²) in [5, 5.41) is 12.1. The largest absolute Gasteiger partial charge is 0.496 e. The Morgan fingerprint density at radius 2 is 2.25 bits per heavy atom. The molecule has 1 aliphatic rings. The molecule has 1 saturated heterocycles. The number of nitriles is 1. The van der Waals surface area contributed by atoms with E-state index in [1.165, 1.54) is 10.4 Å². The van der Waals surface area contributed by atoms with E-state index >= 15 is 0 Å². The summed E-state index contributed by atoms with van der Waals surface area (Å²) in [6.45, 7) is 2.99. The van der Waals surface area contributed by atoms with Crippen LogP contribution in [0, 0.1) is 18.3 Å². The average Bonchev–Trinajstić information content (AvgIpc) is 2.47. The molecule has 0 saturated carbocycles. The highest BCUT2D eigenvalue weighted by Gasteiger charge is 2.33. The summed E-state index contributed by atoms with van der Waals surface area (Å²) in [7, 11) is -2.12. The van der Waals surface area contributed by atoms with Crippen LogP contribution in [0.15, 0.2) is 23.1 Å². The van der Waals surface area contributed by atoms with Crippen LogP contribution < -0.4 is 10.1 Å². The van der Waals surface area contributed by atoms with Crippen molar-refractivity contribution in [2.45, 2.75) is 17.9 Å². The smallest absolute Gasteiger partial charge is 0.244 e. The molecule has 1 aromatic rings. The first kappa shape index (κ1) is 14.8. The third kappa shape index (κ3) is 2.63. The summed E-state index contributed by atoms with van der Waals surface area (Å²) in [4.78, 5) is 0.193. The summed E-state index contributed by atoms with van der Waals surface area (Å²) < 4.78 is 31.6. The lowest BCUT2D eigenvalue weighted by Gasteiger charge is -2.31. The Morgan fingerprint density at radius 1 is 1.50 bits per heavy atom. The van der Waals surface area contributed by atoms with Gasteiger partial charge in [0.2, 0.25) is 10.0 Å². The van der Waals surface area contributed by atoms with Crippen molar-refractivity contribution in [3.8, 4) is 11.8 Å². The average molecular weight is 295 g/mol. The Labute approximate surface area is 119 Å². The van der Waals surface area contributed by atoms with Gasteiger partial charge in [-0.2, -0.15) is 9.57 Å². The second kappa shape index (κ2) is 5.79. The highest BCUT2D eigenvalue weighted by Crippen LogP contribution is 2.25. The number of hydrogen-bond donors (Lipinski definition) is 1. The zero-order chi connectivity index (χ0) is 14.8. The maximum Gasteiger partial charge on any atom is 0.244 e.